The van der Waals surface area contributed by atoms with Crippen molar-refractivity contribution in [2.45, 2.75) is 31.8 Å². The van der Waals surface area contributed by atoms with Crippen LogP contribution >= 0.6 is 12.4 Å². The Bertz CT molecular complexity index is 348. The molecule has 2 fully saturated rings. The molecule has 1 atom stereocenters. The fraction of sp³-hybridized carbons (Fsp3) is 0.818. The molecule has 0 aromatic rings. The van der Waals surface area contributed by atoms with E-state index in [4.69, 9.17) is 5.73 Å². The van der Waals surface area contributed by atoms with E-state index >= 15 is 0 Å². The zero-order valence-electron chi connectivity index (χ0n) is 10.8. The first-order chi connectivity index (χ1) is 7.90. The van der Waals surface area contributed by atoms with E-state index in [1.165, 1.54) is 4.90 Å². The highest BCUT2D eigenvalue weighted by Gasteiger charge is 2.44. The Balaban J connectivity index is 0.00000162. The molecule has 2 saturated heterocycles. The molecule has 104 valence electrons. The summed E-state index contributed by atoms with van der Waals surface area (Å²) in [4.78, 5) is 27.0. The van der Waals surface area contributed by atoms with Gasteiger partial charge in [-0.1, -0.05) is 0 Å². The number of nitrogens with two attached hydrogens (primary N) is 1. The van der Waals surface area contributed by atoms with E-state index in [0.717, 1.165) is 19.5 Å². The van der Waals surface area contributed by atoms with Crippen LogP contribution in [0, 0.1) is 0 Å². The van der Waals surface area contributed by atoms with Crippen LogP contribution in [0.1, 0.15) is 20.3 Å². The summed E-state index contributed by atoms with van der Waals surface area (Å²) in [6.45, 7) is 6.41. The average molecular weight is 277 g/mol. The van der Waals surface area contributed by atoms with Crippen molar-refractivity contribution in [3.8, 4) is 0 Å². The molecular weight excluding hydrogens is 256 g/mol. The van der Waals surface area contributed by atoms with Crippen LogP contribution in [0.3, 0.4) is 0 Å². The van der Waals surface area contributed by atoms with Crippen LogP contribution in [0.15, 0.2) is 0 Å². The molecule has 0 aromatic carbocycles. The predicted molar refractivity (Wildman–Crippen MR) is 70.6 cm³/mol. The molecule has 0 aliphatic carbocycles. The first kappa shape index (κ1) is 15.2. The number of carbonyl (C=O) groups is 2. The van der Waals surface area contributed by atoms with Gasteiger partial charge in [0.05, 0.1) is 0 Å². The maximum atomic E-state index is 11.9. The van der Waals surface area contributed by atoms with Gasteiger partial charge in [0.1, 0.15) is 5.54 Å². The first-order valence-corrected chi connectivity index (χ1v) is 6.02. The zero-order chi connectivity index (χ0) is 12.6. The molecule has 2 aliphatic rings. The van der Waals surface area contributed by atoms with Crippen LogP contribution in [-0.4, -0.2) is 59.5 Å². The SMILES string of the molecule is CC1(C)NC(=O)N(CCN2CCC(N)C2)C1=O.Cl. The Hall–Kier alpha value is -0.850. The largest absolute Gasteiger partial charge is 0.326 e. The summed E-state index contributed by atoms with van der Waals surface area (Å²) in [6.07, 6.45) is 0.992. The lowest BCUT2D eigenvalue weighted by Crippen LogP contribution is -2.41. The number of rotatable bonds is 3. The number of likely N-dealkylation sites (tertiary alicyclic amines) is 1. The fourth-order valence-corrected chi connectivity index (χ4v) is 2.33. The molecule has 0 spiro atoms. The van der Waals surface area contributed by atoms with Crippen molar-refractivity contribution in [2.75, 3.05) is 26.2 Å². The van der Waals surface area contributed by atoms with Gasteiger partial charge >= 0.3 is 6.03 Å². The molecule has 2 aliphatic heterocycles. The molecular formula is C11H21ClN4O2. The standard InChI is InChI=1S/C11H20N4O2.ClH/c1-11(2)9(16)15(10(17)13-11)6-5-14-4-3-8(12)7-14;/h8H,3-7,12H2,1-2H3,(H,13,17);1H. The molecule has 0 aromatic heterocycles. The van der Waals surface area contributed by atoms with Gasteiger partial charge in [-0.2, -0.15) is 0 Å². The summed E-state index contributed by atoms with van der Waals surface area (Å²) in [5, 5.41) is 2.67. The Morgan fingerprint density at radius 3 is 2.50 bits per heavy atom. The fourth-order valence-electron chi connectivity index (χ4n) is 2.33. The van der Waals surface area contributed by atoms with E-state index < -0.39 is 5.54 Å². The topological polar surface area (TPSA) is 78.7 Å². The Labute approximate surface area is 113 Å². The summed E-state index contributed by atoms with van der Waals surface area (Å²) >= 11 is 0. The zero-order valence-corrected chi connectivity index (χ0v) is 11.6. The quantitative estimate of drug-likeness (QED) is 0.698. The van der Waals surface area contributed by atoms with E-state index in [0.29, 0.717) is 13.1 Å². The molecule has 0 saturated carbocycles. The number of halogens is 1. The van der Waals surface area contributed by atoms with Gasteiger partial charge in [-0.05, 0) is 26.8 Å². The predicted octanol–water partition coefficient (Wildman–Crippen LogP) is -0.228. The molecule has 3 amide bonds. The third-order valence-corrected chi connectivity index (χ3v) is 3.39. The van der Waals surface area contributed by atoms with E-state index in [2.05, 4.69) is 10.2 Å². The van der Waals surface area contributed by atoms with Crippen molar-refractivity contribution in [3.63, 3.8) is 0 Å². The minimum Gasteiger partial charge on any atom is -0.326 e. The van der Waals surface area contributed by atoms with Crippen molar-refractivity contribution in [2.24, 2.45) is 5.73 Å². The van der Waals surface area contributed by atoms with Crippen molar-refractivity contribution >= 4 is 24.3 Å². The lowest BCUT2D eigenvalue weighted by molar-refractivity contribution is -0.130. The third kappa shape index (κ3) is 2.93. The molecule has 2 heterocycles. The summed E-state index contributed by atoms with van der Waals surface area (Å²) < 4.78 is 0. The number of urea groups is 1. The lowest BCUT2D eigenvalue weighted by Gasteiger charge is -2.20. The van der Waals surface area contributed by atoms with Crippen molar-refractivity contribution in [3.05, 3.63) is 0 Å². The first-order valence-electron chi connectivity index (χ1n) is 6.02. The Morgan fingerprint density at radius 1 is 1.39 bits per heavy atom. The van der Waals surface area contributed by atoms with E-state index in [1.54, 1.807) is 13.8 Å². The highest BCUT2D eigenvalue weighted by molar-refractivity contribution is 6.06. The minimum absolute atomic E-state index is 0. The summed E-state index contributed by atoms with van der Waals surface area (Å²) in [5.41, 5.74) is 5.04. The van der Waals surface area contributed by atoms with Gasteiger partial charge in [-0.3, -0.25) is 14.6 Å². The second-order valence-corrected chi connectivity index (χ2v) is 5.36. The van der Waals surface area contributed by atoms with E-state index in [9.17, 15) is 9.59 Å². The van der Waals surface area contributed by atoms with Crippen LogP contribution in [-0.2, 0) is 4.79 Å². The normalized spacial score (nSPS) is 27.3. The maximum Gasteiger partial charge on any atom is 0.325 e. The van der Waals surface area contributed by atoms with Crippen molar-refractivity contribution < 1.29 is 9.59 Å². The molecule has 3 N–H and O–H groups in total. The molecule has 6 nitrogen and oxygen atoms in total. The number of amides is 3. The molecule has 0 bridgehead atoms. The minimum atomic E-state index is -0.765. The highest BCUT2D eigenvalue weighted by atomic mass is 35.5. The second kappa shape index (κ2) is 5.42. The second-order valence-electron chi connectivity index (χ2n) is 5.36. The molecule has 7 heteroatoms. The number of imide groups is 1. The molecule has 18 heavy (non-hydrogen) atoms. The van der Waals surface area contributed by atoms with Gasteiger partial charge in [0.2, 0.25) is 0 Å². The number of nitrogens with zero attached hydrogens (tertiary/aromatic N) is 2. The third-order valence-electron chi connectivity index (χ3n) is 3.39. The number of hydrogen-bond acceptors (Lipinski definition) is 4. The molecule has 0 radical (unpaired) electrons. The summed E-state index contributed by atoms with van der Waals surface area (Å²) in [5.74, 6) is -0.147. The van der Waals surface area contributed by atoms with Gasteiger partial charge in [0.25, 0.3) is 5.91 Å². The average Bonchev–Trinajstić information content (AvgIpc) is 2.70. The monoisotopic (exact) mass is 276 g/mol. The Kier molecular flexibility index (Phi) is 4.58. The van der Waals surface area contributed by atoms with Crippen LogP contribution in [0.2, 0.25) is 0 Å². The van der Waals surface area contributed by atoms with Crippen LogP contribution in [0.25, 0.3) is 0 Å². The van der Waals surface area contributed by atoms with Crippen molar-refractivity contribution in [1.82, 2.24) is 15.1 Å². The Morgan fingerprint density at radius 2 is 2.06 bits per heavy atom. The summed E-state index contributed by atoms with van der Waals surface area (Å²) in [7, 11) is 0. The van der Waals surface area contributed by atoms with Crippen LogP contribution < -0.4 is 11.1 Å². The highest BCUT2D eigenvalue weighted by Crippen LogP contribution is 2.16. The number of hydrogen-bond donors (Lipinski definition) is 2. The van der Waals surface area contributed by atoms with Gasteiger partial charge in [-0.25, -0.2) is 4.79 Å². The summed E-state index contributed by atoms with van der Waals surface area (Å²) in [6, 6.07) is -0.0574. The number of carbonyl (C=O) groups excluding carboxylic acids is 2. The van der Waals surface area contributed by atoms with Gasteiger partial charge in [0.15, 0.2) is 0 Å². The van der Waals surface area contributed by atoms with Gasteiger partial charge < -0.3 is 11.1 Å². The van der Waals surface area contributed by atoms with E-state index in [1.807, 2.05) is 0 Å². The molecule has 1 unspecified atom stereocenters. The lowest BCUT2D eigenvalue weighted by atomic mass is 10.1. The van der Waals surface area contributed by atoms with Crippen LogP contribution in [0.4, 0.5) is 4.79 Å². The molecule has 2 rings (SSSR count). The maximum absolute atomic E-state index is 11.9. The van der Waals surface area contributed by atoms with Gasteiger partial charge in [-0.15, -0.1) is 12.4 Å². The van der Waals surface area contributed by atoms with Gasteiger partial charge in [0, 0.05) is 25.7 Å². The smallest absolute Gasteiger partial charge is 0.325 e. The van der Waals surface area contributed by atoms with E-state index in [-0.39, 0.29) is 30.4 Å². The number of nitrogens with one attached hydrogen (secondary N) is 1. The van der Waals surface area contributed by atoms with Crippen LogP contribution in [0.5, 0.6) is 0 Å². The van der Waals surface area contributed by atoms with Crippen molar-refractivity contribution in [1.29, 1.82) is 0 Å².